The van der Waals surface area contributed by atoms with Crippen LogP contribution in [0.5, 0.6) is 0 Å². The smallest absolute Gasteiger partial charge is 0.324 e. The van der Waals surface area contributed by atoms with Gasteiger partial charge in [0.15, 0.2) is 0 Å². The van der Waals surface area contributed by atoms with E-state index < -0.39 is 7.60 Å². The van der Waals surface area contributed by atoms with Crippen molar-refractivity contribution in [1.29, 1.82) is 0 Å². The molecule has 2 rings (SSSR count). The zero-order chi connectivity index (χ0) is 10.2. The average Bonchev–Trinajstić information content (AvgIpc) is 2.15. The molecule has 4 heteroatoms. The molecular weight excluding hydrogens is 199 g/mol. The Kier molecular flexibility index (Phi) is 3.01. The summed E-state index contributed by atoms with van der Waals surface area (Å²) in [4.78, 5) is 18.6. The van der Waals surface area contributed by atoms with E-state index >= 15 is 0 Å². The van der Waals surface area contributed by atoms with Crippen LogP contribution < -0.4 is 0 Å². The Morgan fingerprint density at radius 1 is 0.929 bits per heavy atom. The third kappa shape index (κ3) is 2.05. The molecule has 14 heavy (non-hydrogen) atoms. The van der Waals surface area contributed by atoms with Crippen molar-refractivity contribution in [3.05, 3.63) is 0 Å². The highest BCUT2D eigenvalue weighted by Gasteiger charge is 2.43. The van der Waals surface area contributed by atoms with E-state index in [-0.39, 0.29) is 5.66 Å². The molecule has 0 bridgehead atoms. The van der Waals surface area contributed by atoms with Gasteiger partial charge >= 0.3 is 7.60 Å². The number of fused-ring (bicyclic) bond motifs is 1. The summed E-state index contributed by atoms with van der Waals surface area (Å²) in [5.74, 6) is 0.924. The summed E-state index contributed by atoms with van der Waals surface area (Å²) in [5, 5.41) is 0. The maximum Gasteiger partial charge on any atom is 0.328 e. The van der Waals surface area contributed by atoms with Gasteiger partial charge < -0.3 is 9.79 Å². The molecule has 0 amide bonds. The summed E-state index contributed by atoms with van der Waals surface area (Å²) in [5.41, 5.74) is -0.318. The van der Waals surface area contributed by atoms with Crippen molar-refractivity contribution in [3.8, 4) is 0 Å². The van der Waals surface area contributed by atoms with E-state index in [1.165, 1.54) is 19.3 Å². The van der Waals surface area contributed by atoms with Crippen LogP contribution in [0.4, 0.5) is 0 Å². The van der Waals surface area contributed by atoms with Gasteiger partial charge in [0.25, 0.3) is 0 Å². The highest BCUT2D eigenvalue weighted by molar-refractivity contribution is 7.52. The van der Waals surface area contributed by atoms with E-state index in [4.69, 9.17) is 0 Å². The van der Waals surface area contributed by atoms with Gasteiger partial charge in [-0.15, -0.1) is 0 Å². The third-order valence-corrected chi connectivity index (χ3v) is 5.47. The molecule has 2 fully saturated rings. The molecule has 0 aromatic carbocycles. The predicted molar refractivity (Wildman–Crippen MR) is 55.1 cm³/mol. The fourth-order valence-electron chi connectivity index (χ4n) is 3.32. The van der Waals surface area contributed by atoms with Crippen molar-refractivity contribution >= 4 is 7.60 Å². The van der Waals surface area contributed by atoms with Gasteiger partial charge in [-0.3, -0.25) is 4.57 Å². The van der Waals surface area contributed by atoms with Crippen LogP contribution in [0.15, 0.2) is 0 Å². The number of hydrogen-bond acceptors (Lipinski definition) is 1. The molecular formula is C10H19O3P. The van der Waals surface area contributed by atoms with Crippen LogP contribution in [0.3, 0.4) is 0 Å². The lowest BCUT2D eigenvalue weighted by Crippen LogP contribution is -2.34. The van der Waals surface area contributed by atoms with Crippen LogP contribution in [0.2, 0.25) is 0 Å². The molecule has 0 aromatic rings. The summed E-state index contributed by atoms with van der Waals surface area (Å²) >= 11 is 0. The molecule has 0 aliphatic heterocycles. The number of hydrogen-bond donors (Lipinski definition) is 2. The Morgan fingerprint density at radius 2 is 1.57 bits per heavy atom. The van der Waals surface area contributed by atoms with Crippen LogP contribution in [0, 0.1) is 11.8 Å². The summed E-state index contributed by atoms with van der Waals surface area (Å²) in [6.07, 6.45) is 7.61. The first-order chi connectivity index (χ1) is 6.59. The maximum atomic E-state index is 11.3. The summed E-state index contributed by atoms with van der Waals surface area (Å²) in [6.45, 7) is 0. The SMILES string of the molecule is O=P(O)(O)C1CCCC2CCCCC21. The molecule has 0 spiro atoms. The van der Waals surface area contributed by atoms with Crippen LogP contribution in [-0.4, -0.2) is 15.4 Å². The van der Waals surface area contributed by atoms with Gasteiger partial charge in [0.05, 0.1) is 5.66 Å². The van der Waals surface area contributed by atoms with Crippen LogP contribution in [0.25, 0.3) is 0 Å². The third-order valence-electron chi connectivity index (χ3n) is 3.97. The molecule has 2 aliphatic carbocycles. The van der Waals surface area contributed by atoms with E-state index in [0.29, 0.717) is 11.8 Å². The van der Waals surface area contributed by atoms with E-state index in [1.54, 1.807) is 0 Å². The Bertz CT molecular complexity index is 246. The van der Waals surface area contributed by atoms with E-state index in [9.17, 15) is 14.4 Å². The predicted octanol–water partition coefficient (Wildman–Crippen LogP) is 2.52. The fraction of sp³-hybridized carbons (Fsp3) is 1.00. The highest BCUT2D eigenvalue weighted by atomic mass is 31.2. The Labute approximate surface area is 85.1 Å². The van der Waals surface area contributed by atoms with Crippen molar-refractivity contribution in [1.82, 2.24) is 0 Å². The first-order valence-corrected chi connectivity index (χ1v) is 7.32. The molecule has 0 aromatic heterocycles. The van der Waals surface area contributed by atoms with Crippen LogP contribution in [0.1, 0.15) is 44.9 Å². The topological polar surface area (TPSA) is 57.5 Å². The van der Waals surface area contributed by atoms with Crippen molar-refractivity contribution in [2.75, 3.05) is 0 Å². The average molecular weight is 218 g/mol. The molecule has 3 unspecified atom stereocenters. The minimum absolute atomic E-state index is 0.318. The fourth-order valence-corrected chi connectivity index (χ4v) is 4.73. The second-order valence-corrected chi connectivity index (χ2v) is 6.64. The molecule has 2 aliphatic rings. The van der Waals surface area contributed by atoms with E-state index in [0.717, 1.165) is 25.7 Å². The second-order valence-electron chi connectivity index (χ2n) is 4.80. The lowest BCUT2D eigenvalue weighted by atomic mass is 9.71. The van der Waals surface area contributed by atoms with Gasteiger partial charge in [0.1, 0.15) is 0 Å². The van der Waals surface area contributed by atoms with Gasteiger partial charge in [0.2, 0.25) is 0 Å². The highest BCUT2D eigenvalue weighted by Crippen LogP contribution is 2.55. The minimum atomic E-state index is -3.83. The second kappa shape index (κ2) is 3.96. The van der Waals surface area contributed by atoms with Gasteiger partial charge in [-0.1, -0.05) is 32.1 Å². The molecule has 2 saturated carbocycles. The van der Waals surface area contributed by atoms with Crippen molar-refractivity contribution in [2.45, 2.75) is 50.6 Å². The molecule has 3 atom stereocenters. The van der Waals surface area contributed by atoms with Crippen molar-refractivity contribution in [3.63, 3.8) is 0 Å². The molecule has 0 heterocycles. The largest absolute Gasteiger partial charge is 0.328 e. The van der Waals surface area contributed by atoms with Crippen molar-refractivity contribution in [2.24, 2.45) is 11.8 Å². The van der Waals surface area contributed by atoms with Crippen molar-refractivity contribution < 1.29 is 14.4 Å². The van der Waals surface area contributed by atoms with Crippen LogP contribution in [-0.2, 0) is 4.57 Å². The molecule has 2 N–H and O–H groups in total. The zero-order valence-corrected chi connectivity index (χ0v) is 9.33. The summed E-state index contributed by atoms with van der Waals surface area (Å²) in [6, 6.07) is 0. The van der Waals surface area contributed by atoms with Gasteiger partial charge in [-0.2, -0.15) is 0 Å². The summed E-state index contributed by atoms with van der Waals surface area (Å²) in [7, 11) is -3.83. The lowest BCUT2D eigenvalue weighted by molar-refractivity contribution is 0.159. The molecule has 0 saturated heterocycles. The molecule has 3 nitrogen and oxygen atoms in total. The quantitative estimate of drug-likeness (QED) is 0.665. The van der Waals surface area contributed by atoms with Crippen LogP contribution >= 0.6 is 7.60 Å². The lowest BCUT2D eigenvalue weighted by Gasteiger charge is -2.41. The maximum absolute atomic E-state index is 11.3. The zero-order valence-electron chi connectivity index (χ0n) is 8.43. The monoisotopic (exact) mass is 218 g/mol. The van der Waals surface area contributed by atoms with E-state index in [2.05, 4.69) is 0 Å². The van der Waals surface area contributed by atoms with E-state index in [1.807, 2.05) is 0 Å². The van der Waals surface area contributed by atoms with Gasteiger partial charge in [-0.25, -0.2) is 0 Å². The first kappa shape index (κ1) is 10.7. The molecule has 82 valence electrons. The normalized spacial score (nSPS) is 39.1. The minimum Gasteiger partial charge on any atom is -0.324 e. The Morgan fingerprint density at radius 3 is 2.29 bits per heavy atom. The summed E-state index contributed by atoms with van der Waals surface area (Å²) < 4.78 is 11.3. The Hall–Kier alpha value is 0.150. The van der Waals surface area contributed by atoms with Gasteiger partial charge in [-0.05, 0) is 24.7 Å². The van der Waals surface area contributed by atoms with Gasteiger partial charge in [0, 0.05) is 0 Å². The standard InChI is InChI=1S/C10H19O3P/c11-14(12,13)10-7-3-5-8-4-1-2-6-9(8)10/h8-10H,1-7H2,(H2,11,12,13). The first-order valence-electron chi connectivity index (χ1n) is 5.64. The number of rotatable bonds is 1. The molecule has 0 radical (unpaired) electrons. The Balaban J connectivity index is 2.13.